The highest BCUT2D eigenvalue weighted by atomic mass is 16.5. The van der Waals surface area contributed by atoms with Gasteiger partial charge in [-0.15, -0.1) is 0 Å². The predicted octanol–water partition coefficient (Wildman–Crippen LogP) is 3.81. The number of aromatic hydroxyl groups is 2. The third-order valence-electron chi connectivity index (χ3n) is 5.81. The van der Waals surface area contributed by atoms with Crippen molar-refractivity contribution < 1.29 is 24.1 Å². The molecule has 0 unspecified atom stereocenters. The minimum atomic E-state index is -0.584. The van der Waals surface area contributed by atoms with E-state index in [2.05, 4.69) is 4.98 Å². The van der Waals surface area contributed by atoms with E-state index < -0.39 is 11.2 Å². The fourth-order valence-electron chi connectivity index (χ4n) is 4.57. The van der Waals surface area contributed by atoms with E-state index in [9.17, 15) is 10.2 Å². The summed E-state index contributed by atoms with van der Waals surface area (Å²) in [6.45, 7) is 3.92. The number of fused-ring (bicyclic) bond motifs is 5. The molecule has 0 radical (unpaired) electrons. The zero-order valence-electron chi connectivity index (χ0n) is 15.3. The van der Waals surface area contributed by atoms with Gasteiger partial charge in [0.25, 0.3) is 0 Å². The first-order valence-electron chi connectivity index (χ1n) is 8.84. The predicted molar refractivity (Wildman–Crippen MR) is 96.2 cm³/mol. The van der Waals surface area contributed by atoms with Crippen molar-refractivity contribution in [2.24, 2.45) is 0 Å². The standard InChI is InChI=1S/C20H20N2O5/c1-19-6-7-20(2,27-19)15-14(19)17(23)22(18(15)24)11-4-5-12(13(10-11)25-3)16-21-8-9-26-16/h4-5,8-10,23-24H,6-7H2,1-3H3/t19-,20+. The third kappa shape index (κ3) is 1.97. The lowest BCUT2D eigenvalue weighted by Gasteiger charge is -2.21. The van der Waals surface area contributed by atoms with Gasteiger partial charge in [0, 0.05) is 6.07 Å². The second kappa shape index (κ2) is 5.07. The molecule has 3 aromatic rings. The molecule has 2 aliphatic rings. The maximum Gasteiger partial charge on any atom is 0.229 e. The van der Waals surface area contributed by atoms with E-state index in [0.717, 1.165) is 12.8 Å². The van der Waals surface area contributed by atoms with Gasteiger partial charge in [0.1, 0.15) is 12.0 Å². The lowest BCUT2D eigenvalue weighted by atomic mass is 9.80. The van der Waals surface area contributed by atoms with Gasteiger partial charge in [-0.05, 0) is 38.8 Å². The first kappa shape index (κ1) is 16.3. The van der Waals surface area contributed by atoms with Crippen LogP contribution in [0.3, 0.4) is 0 Å². The van der Waals surface area contributed by atoms with Crippen molar-refractivity contribution in [3.63, 3.8) is 0 Å². The molecular weight excluding hydrogens is 348 g/mol. The Balaban J connectivity index is 1.70. The van der Waals surface area contributed by atoms with Crippen LogP contribution in [0.2, 0.25) is 0 Å². The summed E-state index contributed by atoms with van der Waals surface area (Å²) in [4.78, 5) is 4.15. The highest BCUT2D eigenvalue weighted by molar-refractivity contribution is 5.68. The van der Waals surface area contributed by atoms with Crippen LogP contribution in [-0.2, 0) is 15.9 Å². The van der Waals surface area contributed by atoms with Gasteiger partial charge in [-0.3, -0.25) is 4.57 Å². The van der Waals surface area contributed by atoms with E-state index in [4.69, 9.17) is 13.9 Å². The Morgan fingerprint density at radius 1 is 1.11 bits per heavy atom. The largest absolute Gasteiger partial charge is 0.496 e. The Bertz CT molecular complexity index is 1020. The van der Waals surface area contributed by atoms with Gasteiger partial charge in [0.2, 0.25) is 17.7 Å². The van der Waals surface area contributed by atoms with Crippen LogP contribution in [0.15, 0.2) is 35.1 Å². The summed E-state index contributed by atoms with van der Waals surface area (Å²) < 4.78 is 18.4. The van der Waals surface area contributed by atoms with Crippen molar-refractivity contribution >= 4 is 0 Å². The number of aromatic nitrogens is 2. The molecule has 2 N–H and O–H groups in total. The quantitative estimate of drug-likeness (QED) is 0.731. The summed E-state index contributed by atoms with van der Waals surface area (Å²) in [6.07, 6.45) is 4.67. The molecule has 27 heavy (non-hydrogen) atoms. The molecule has 2 atom stereocenters. The first-order chi connectivity index (χ1) is 12.9. The van der Waals surface area contributed by atoms with Gasteiger partial charge in [-0.25, -0.2) is 4.98 Å². The van der Waals surface area contributed by atoms with Crippen LogP contribution < -0.4 is 4.74 Å². The Morgan fingerprint density at radius 2 is 1.78 bits per heavy atom. The van der Waals surface area contributed by atoms with Crippen LogP contribution in [0.1, 0.15) is 37.8 Å². The summed E-state index contributed by atoms with van der Waals surface area (Å²) in [7, 11) is 1.55. The van der Waals surface area contributed by atoms with Gasteiger partial charge < -0.3 is 24.1 Å². The molecule has 7 heteroatoms. The lowest BCUT2D eigenvalue weighted by molar-refractivity contribution is -0.0683. The highest BCUT2D eigenvalue weighted by Gasteiger charge is 2.59. The van der Waals surface area contributed by atoms with E-state index in [1.807, 2.05) is 13.8 Å². The SMILES string of the molecule is COc1cc(-n2c(O)c3c(c2O)[C@]2(C)CC[C@@]3(C)O2)ccc1-c1ncco1. The summed E-state index contributed by atoms with van der Waals surface area (Å²) in [5.74, 6) is 0.964. The number of rotatable bonds is 3. The van der Waals surface area contributed by atoms with Crippen molar-refractivity contribution in [2.45, 2.75) is 37.9 Å². The van der Waals surface area contributed by atoms with Crippen molar-refractivity contribution in [1.29, 1.82) is 0 Å². The molecule has 1 aromatic carbocycles. The van der Waals surface area contributed by atoms with Gasteiger partial charge in [0.05, 0.1) is 46.9 Å². The first-order valence-corrected chi connectivity index (χ1v) is 8.84. The average Bonchev–Trinajstić information content (AvgIpc) is 3.37. The maximum absolute atomic E-state index is 11.0. The molecule has 140 valence electrons. The zero-order valence-corrected chi connectivity index (χ0v) is 15.3. The number of oxazole rings is 1. The molecular formula is C20H20N2O5. The van der Waals surface area contributed by atoms with Gasteiger partial charge >= 0.3 is 0 Å². The smallest absolute Gasteiger partial charge is 0.229 e. The highest BCUT2D eigenvalue weighted by Crippen LogP contribution is 2.64. The molecule has 0 spiro atoms. The number of methoxy groups -OCH3 is 1. The van der Waals surface area contributed by atoms with Gasteiger partial charge in [0.15, 0.2) is 0 Å². The summed E-state index contributed by atoms with van der Waals surface area (Å²) >= 11 is 0. The number of nitrogens with zero attached hydrogens (tertiary/aromatic N) is 2. The van der Waals surface area contributed by atoms with Crippen LogP contribution in [0.4, 0.5) is 0 Å². The average molecular weight is 368 g/mol. The molecule has 0 amide bonds. The van der Waals surface area contributed by atoms with Crippen molar-refractivity contribution in [1.82, 2.24) is 9.55 Å². The Hall–Kier alpha value is -2.93. The van der Waals surface area contributed by atoms with E-state index in [1.54, 1.807) is 31.5 Å². The van der Waals surface area contributed by atoms with Crippen LogP contribution in [0.5, 0.6) is 17.5 Å². The Morgan fingerprint density at radius 3 is 2.33 bits per heavy atom. The summed E-state index contributed by atoms with van der Waals surface area (Å²) in [6, 6.07) is 5.31. The van der Waals surface area contributed by atoms with Gasteiger partial charge in [-0.1, -0.05) is 0 Å². The zero-order chi connectivity index (χ0) is 19.0. The molecule has 2 bridgehead atoms. The molecule has 5 rings (SSSR count). The normalized spacial score (nSPS) is 25.7. The Labute approximate surface area is 155 Å². The number of ether oxygens (including phenoxy) is 2. The summed E-state index contributed by atoms with van der Waals surface area (Å²) in [5.41, 5.74) is 1.44. The van der Waals surface area contributed by atoms with Crippen LogP contribution in [0.25, 0.3) is 17.1 Å². The number of benzene rings is 1. The van der Waals surface area contributed by atoms with Gasteiger partial charge in [-0.2, -0.15) is 0 Å². The van der Waals surface area contributed by atoms with E-state index in [-0.39, 0.29) is 11.8 Å². The van der Waals surface area contributed by atoms with Crippen LogP contribution in [0, 0.1) is 0 Å². The van der Waals surface area contributed by atoms with E-state index >= 15 is 0 Å². The second-order valence-corrected chi connectivity index (χ2v) is 7.52. The molecule has 1 saturated heterocycles. The Kier molecular flexibility index (Phi) is 3.05. The van der Waals surface area contributed by atoms with E-state index in [0.29, 0.717) is 34.0 Å². The van der Waals surface area contributed by atoms with Crippen molar-refractivity contribution in [3.05, 3.63) is 41.8 Å². The third-order valence-corrected chi connectivity index (χ3v) is 5.81. The number of hydrogen-bond acceptors (Lipinski definition) is 6. The van der Waals surface area contributed by atoms with E-state index in [1.165, 1.54) is 10.8 Å². The fraction of sp³-hybridized carbons (Fsp3) is 0.350. The number of hydrogen-bond donors (Lipinski definition) is 2. The molecule has 1 fully saturated rings. The molecule has 0 aliphatic carbocycles. The summed E-state index contributed by atoms with van der Waals surface area (Å²) in [5, 5.41) is 21.9. The monoisotopic (exact) mass is 368 g/mol. The molecule has 2 aromatic heterocycles. The molecule has 7 nitrogen and oxygen atoms in total. The molecule has 4 heterocycles. The second-order valence-electron chi connectivity index (χ2n) is 7.52. The molecule has 0 saturated carbocycles. The van der Waals surface area contributed by atoms with Crippen LogP contribution in [-0.4, -0.2) is 26.9 Å². The minimum Gasteiger partial charge on any atom is -0.496 e. The fourth-order valence-corrected chi connectivity index (χ4v) is 4.57. The maximum atomic E-state index is 11.0. The lowest BCUT2D eigenvalue weighted by Crippen LogP contribution is -2.17. The topological polar surface area (TPSA) is 89.9 Å². The van der Waals surface area contributed by atoms with Crippen LogP contribution >= 0.6 is 0 Å². The van der Waals surface area contributed by atoms with Crippen molar-refractivity contribution in [2.75, 3.05) is 7.11 Å². The van der Waals surface area contributed by atoms with Crippen molar-refractivity contribution in [3.8, 4) is 34.7 Å². The minimum absolute atomic E-state index is 0.000600. The molecule has 2 aliphatic heterocycles.